The summed E-state index contributed by atoms with van der Waals surface area (Å²) in [6.07, 6.45) is 7.60. The average molecular weight is 430 g/mol. The first kappa shape index (κ1) is 21.9. The highest BCUT2D eigenvalue weighted by Gasteiger charge is 2.68. The van der Waals surface area contributed by atoms with E-state index in [-0.39, 0.29) is 23.5 Å². The number of allylic oxidation sites excluding steroid dienone is 4. The van der Waals surface area contributed by atoms with Gasteiger partial charge in [-0.15, -0.1) is 0 Å². The van der Waals surface area contributed by atoms with Crippen LogP contribution in [0, 0.1) is 28.6 Å². The van der Waals surface area contributed by atoms with Crippen LogP contribution < -0.4 is 0 Å². The summed E-state index contributed by atoms with van der Waals surface area (Å²) in [4.78, 5) is 47.6. The van der Waals surface area contributed by atoms with Crippen molar-refractivity contribution in [2.24, 2.45) is 28.6 Å². The summed E-state index contributed by atoms with van der Waals surface area (Å²) in [6, 6.07) is 0. The third-order valence-electron chi connectivity index (χ3n) is 8.72. The zero-order valence-corrected chi connectivity index (χ0v) is 18.3. The monoisotopic (exact) mass is 430 g/mol. The maximum atomic E-state index is 13.0. The molecule has 0 aromatic rings. The number of ketones is 2. The molecular weight excluding hydrogens is 400 g/mol. The smallest absolute Gasteiger partial charge is 0.303 e. The van der Waals surface area contributed by atoms with Crippen molar-refractivity contribution in [3.8, 4) is 0 Å². The van der Waals surface area contributed by atoms with Crippen molar-refractivity contribution >= 4 is 24.0 Å². The van der Waals surface area contributed by atoms with Gasteiger partial charge in [0.25, 0.3) is 6.47 Å². The maximum absolute atomic E-state index is 13.0. The Morgan fingerprint density at radius 1 is 1.29 bits per heavy atom. The SMILES string of the molecule is CC(=O)OCC(=O)[C@@]1(O)CC[C@H]2[C@@H]3CCC4=CC(=O)C=C[C@]4(C)[C@H]3[C@@H](OC=O)C[C@@]21C. The van der Waals surface area contributed by atoms with E-state index >= 15 is 0 Å². The molecule has 7 heteroatoms. The predicted octanol–water partition coefficient (Wildman–Crippen LogP) is 2.31. The van der Waals surface area contributed by atoms with Crippen LogP contribution >= 0.6 is 0 Å². The van der Waals surface area contributed by atoms with E-state index in [4.69, 9.17) is 9.47 Å². The third-order valence-corrected chi connectivity index (χ3v) is 8.72. The molecule has 7 atom stereocenters. The van der Waals surface area contributed by atoms with Crippen LogP contribution in [0.1, 0.15) is 52.9 Å². The van der Waals surface area contributed by atoms with Crippen LogP contribution in [-0.2, 0) is 28.7 Å². The van der Waals surface area contributed by atoms with E-state index in [0.717, 1.165) is 18.4 Å². The molecule has 0 spiro atoms. The van der Waals surface area contributed by atoms with Crippen molar-refractivity contribution in [1.82, 2.24) is 0 Å². The number of Topliss-reactive ketones (excluding diaryl/α,β-unsaturated/α-hetero) is 1. The minimum atomic E-state index is -1.64. The summed E-state index contributed by atoms with van der Waals surface area (Å²) in [5, 5.41) is 11.6. The lowest BCUT2D eigenvalue weighted by Crippen LogP contribution is -2.62. The number of hydrogen-bond donors (Lipinski definition) is 1. The third kappa shape index (κ3) is 3.12. The number of carbonyl (C=O) groups excluding carboxylic acids is 4. The minimum Gasteiger partial charge on any atom is -0.464 e. The van der Waals surface area contributed by atoms with Crippen LogP contribution in [0.5, 0.6) is 0 Å². The Balaban J connectivity index is 1.72. The van der Waals surface area contributed by atoms with Gasteiger partial charge in [0, 0.05) is 23.7 Å². The molecule has 31 heavy (non-hydrogen) atoms. The van der Waals surface area contributed by atoms with Gasteiger partial charge in [0.05, 0.1) is 0 Å². The highest BCUT2D eigenvalue weighted by Crippen LogP contribution is 2.67. The largest absolute Gasteiger partial charge is 0.464 e. The van der Waals surface area contributed by atoms with Gasteiger partial charge in [0.15, 0.2) is 12.4 Å². The van der Waals surface area contributed by atoms with Gasteiger partial charge in [-0.2, -0.15) is 0 Å². The fourth-order valence-corrected chi connectivity index (χ4v) is 7.24. The highest BCUT2D eigenvalue weighted by molar-refractivity contribution is 6.01. The molecule has 0 saturated heterocycles. The molecule has 3 saturated carbocycles. The number of aliphatic hydroxyl groups is 1. The van der Waals surface area contributed by atoms with Gasteiger partial charge in [0.1, 0.15) is 11.7 Å². The molecule has 1 N–H and O–H groups in total. The molecule has 0 radical (unpaired) electrons. The Labute approximate surface area is 181 Å². The second kappa shape index (κ2) is 7.40. The highest BCUT2D eigenvalue weighted by atomic mass is 16.5. The first-order valence-corrected chi connectivity index (χ1v) is 11.0. The van der Waals surface area contributed by atoms with Crippen LogP contribution in [0.4, 0.5) is 0 Å². The summed E-state index contributed by atoms with van der Waals surface area (Å²) in [5.74, 6) is -0.946. The molecule has 7 nitrogen and oxygen atoms in total. The first-order valence-electron chi connectivity index (χ1n) is 11.0. The lowest BCUT2D eigenvalue weighted by atomic mass is 9.46. The number of ether oxygens (including phenoxy) is 2. The van der Waals surface area contributed by atoms with E-state index < -0.39 is 40.9 Å². The van der Waals surface area contributed by atoms with Crippen molar-refractivity contribution in [1.29, 1.82) is 0 Å². The second-order valence-corrected chi connectivity index (χ2v) is 10.0. The van der Waals surface area contributed by atoms with Crippen molar-refractivity contribution < 1.29 is 33.8 Å². The van der Waals surface area contributed by atoms with E-state index in [9.17, 15) is 24.3 Å². The van der Waals surface area contributed by atoms with Crippen LogP contribution in [0.25, 0.3) is 0 Å². The number of esters is 1. The fraction of sp³-hybridized carbons (Fsp3) is 0.667. The summed E-state index contributed by atoms with van der Waals surface area (Å²) < 4.78 is 10.5. The van der Waals surface area contributed by atoms with Crippen LogP contribution in [0.2, 0.25) is 0 Å². The maximum Gasteiger partial charge on any atom is 0.303 e. The van der Waals surface area contributed by atoms with Crippen LogP contribution in [-0.4, -0.2) is 47.4 Å². The van der Waals surface area contributed by atoms with Crippen molar-refractivity contribution in [3.63, 3.8) is 0 Å². The Hall–Kier alpha value is -2.28. The number of hydrogen-bond acceptors (Lipinski definition) is 7. The van der Waals surface area contributed by atoms with Gasteiger partial charge >= 0.3 is 5.97 Å². The second-order valence-electron chi connectivity index (χ2n) is 10.0. The van der Waals surface area contributed by atoms with E-state index in [0.29, 0.717) is 25.7 Å². The molecule has 0 bridgehead atoms. The van der Waals surface area contributed by atoms with Crippen molar-refractivity contribution in [3.05, 3.63) is 23.8 Å². The normalized spacial score (nSPS) is 43.2. The molecule has 0 aromatic carbocycles. The standard InChI is InChI=1S/C24H30O7/c1-14(26)30-12-20(28)24(29)9-7-18-17-5-4-15-10-16(27)6-8-22(15,2)21(17)19(31-13-25)11-23(18,24)3/h6,8,10,13,17-19,21,29H,4-5,7,9,11-12H2,1-3H3/t17-,18-,19-,21+,22-,23-,24-/m0/s1. The van der Waals surface area contributed by atoms with E-state index in [1.807, 2.05) is 13.0 Å². The van der Waals surface area contributed by atoms with Crippen molar-refractivity contribution in [2.75, 3.05) is 6.61 Å². The van der Waals surface area contributed by atoms with E-state index in [1.54, 1.807) is 12.2 Å². The van der Waals surface area contributed by atoms with E-state index in [2.05, 4.69) is 6.92 Å². The fourth-order valence-electron chi connectivity index (χ4n) is 7.24. The molecule has 4 aliphatic rings. The van der Waals surface area contributed by atoms with Gasteiger partial charge < -0.3 is 14.6 Å². The number of rotatable bonds is 5. The van der Waals surface area contributed by atoms with E-state index in [1.165, 1.54) is 6.92 Å². The topological polar surface area (TPSA) is 107 Å². The van der Waals surface area contributed by atoms with Crippen LogP contribution in [0.3, 0.4) is 0 Å². The lowest BCUT2D eigenvalue weighted by molar-refractivity contribution is -0.187. The molecule has 0 heterocycles. The molecule has 168 valence electrons. The Bertz CT molecular complexity index is 888. The van der Waals surface area contributed by atoms with Gasteiger partial charge in [-0.05, 0) is 56.1 Å². The Kier molecular flexibility index (Phi) is 5.23. The summed E-state index contributed by atoms with van der Waals surface area (Å²) in [5.41, 5.74) is -1.79. The summed E-state index contributed by atoms with van der Waals surface area (Å²) in [7, 11) is 0. The average Bonchev–Trinajstić information content (AvgIpc) is 2.98. The molecule has 4 rings (SSSR count). The number of fused-ring (bicyclic) bond motifs is 5. The first-order chi connectivity index (χ1) is 14.6. The van der Waals surface area contributed by atoms with Gasteiger partial charge in [-0.1, -0.05) is 25.5 Å². The molecule has 0 aromatic heterocycles. The zero-order chi connectivity index (χ0) is 22.6. The number of carbonyl (C=O) groups is 4. The lowest BCUT2D eigenvalue weighted by Gasteiger charge is -2.59. The molecule has 0 amide bonds. The van der Waals surface area contributed by atoms with Gasteiger partial charge in [-0.3, -0.25) is 19.2 Å². The molecule has 3 fully saturated rings. The molecule has 4 aliphatic carbocycles. The molecule has 0 unspecified atom stereocenters. The predicted molar refractivity (Wildman–Crippen MR) is 110 cm³/mol. The minimum absolute atomic E-state index is 0.0225. The van der Waals surface area contributed by atoms with Gasteiger partial charge in [-0.25, -0.2) is 0 Å². The van der Waals surface area contributed by atoms with Crippen LogP contribution in [0.15, 0.2) is 23.8 Å². The Morgan fingerprint density at radius 3 is 2.71 bits per heavy atom. The molecular formula is C24H30O7. The summed E-state index contributed by atoms with van der Waals surface area (Å²) >= 11 is 0. The zero-order valence-electron chi connectivity index (χ0n) is 18.3. The quantitative estimate of drug-likeness (QED) is 0.527. The van der Waals surface area contributed by atoms with Crippen molar-refractivity contribution in [2.45, 2.75) is 64.6 Å². The molecule has 0 aliphatic heterocycles. The summed E-state index contributed by atoms with van der Waals surface area (Å²) in [6.45, 7) is 5.21. The van der Waals surface area contributed by atoms with Gasteiger partial charge in [0.2, 0.25) is 5.78 Å². The Morgan fingerprint density at radius 2 is 2.03 bits per heavy atom.